The highest BCUT2D eigenvalue weighted by Crippen LogP contribution is 2.30. The molecule has 148 valence electrons. The van der Waals surface area contributed by atoms with Gasteiger partial charge in [-0.1, -0.05) is 30.3 Å². The van der Waals surface area contributed by atoms with Crippen molar-refractivity contribution in [2.24, 2.45) is 5.10 Å². The van der Waals surface area contributed by atoms with E-state index in [1.807, 2.05) is 6.07 Å². The van der Waals surface area contributed by atoms with Crippen LogP contribution in [0.25, 0.3) is 11.1 Å². The molecular weight excluding hydrogens is 383 g/mol. The highest BCUT2D eigenvalue weighted by molar-refractivity contribution is 5.90. The van der Waals surface area contributed by atoms with Crippen molar-refractivity contribution in [3.8, 4) is 11.1 Å². The fourth-order valence-electron chi connectivity index (χ4n) is 2.69. The monoisotopic (exact) mass is 399 g/mol. The SMILES string of the molecule is Cc1cc(C(F)(F)F)cc(N/N=C/c2cccc(-c3cccc(C(=O)O)c3)c2)n1. The van der Waals surface area contributed by atoms with Gasteiger partial charge in [0.2, 0.25) is 0 Å². The van der Waals surface area contributed by atoms with E-state index in [1.165, 1.54) is 19.2 Å². The summed E-state index contributed by atoms with van der Waals surface area (Å²) < 4.78 is 38.7. The molecule has 2 N–H and O–H groups in total. The largest absolute Gasteiger partial charge is 0.478 e. The predicted octanol–water partition coefficient (Wildman–Crippen LogP) is 5.22. The molecule has 0 aliphatic carbocycles. The van der Waals surface area contributed by atoms with Crippen LogP contribution in [0.1, 0.15) is 27.2 Å². The van der Waals surface area contributed by atoms with E-state index in [1.54, 1.807) is 36.4 Å². The topological polar surface area (TPSA) is 74.6 Å². The molecule has 8 heteroatoms. The third-order valence-corrected chi connectivity index (χ3v) is 4.00. The lowest BCUT2D eigenvalue weighted by molar-refractivity contribution is -0.137. The summed E-state index contributed by atoms with van der Waals surface area (Å²) in [6.45, 7) is 1.47. The second kappa shape index (κ2) is 8.14. The Morgan fingerprint density at radius 3 is 2.45 bits per heavy atom. The van der Waals surface area contributed by atoms with Crippen LogP contribution in [0.2, 0.25) is 0 Å². The number of hydrogen-bond acceptors (Lipinski definition) is 4. The highest BCUT2D eigenvalue weighted by Gasteiger charge is 2.31. The molecule has 3 rings (SSSR count). The maximum Gasteiger partial charge on any atom is 0.416 e. The molecule has 0 aliphatic rings. The van der Waals surface area contributed by atoms with E-state index in [4.69, 9.17) is 5.11 Å². The summed E-state index contributed by atoms with van der Waals surface area (Å²) in [7, 11) is 0. The number of carbonyl (C=O) groups is 1. The van der Waals surface area contributed by atoms with Gasteiger partial charge in [-0.05, 0) is 53.9 Å². The summed E-state index contributed by atoms with van der Waals surface area (Å²) in [5.74, 6) is -1.03. The Kier molecular flexibility index (Phi) is 5.63. The molecule has 1 heterocycles. The molecule has 29 heavy (non-hydrogen) atoms. The fourth-order valence-corrected chi connectivity index (χ4v) is 2.69. The number of carboxylic acids is 1. The van der Waals surface area contributed by atoms with Gasteiger partial charge in [0.05, 0.1) is 17.3 Å². The van der Waals surface area contributed by atoms with Crippen LogP contribution in [-0.2, 0) is 6.18 Å². The van der Waals surface area contributed by atoms with Crippen LogP contribution in [0.5, 0.6) is 0 Å². The quantitative estimate of drug-likeness (QED) is 0.456. The Morgan fingerprint density at radius 1 is 1.07 bits per heavy atom. The van der Waals surface area contributed by atoms with Gasteiger partial charge in [-0.25, -0.2) is 9.78 Å². The molecule has 5 nitrogen and oxygen atoms in total. The smallest absolute Gasteiger partial charge is 0.416 e. The number of nitrogens with zero attached hydrogens (tertiary/aromatic N) is 2. The first-order valence-corrected chi connectivity index (χ1v) is 8.51. The van der Waals surface area contributed by atoms with Crippen LogP contribution in [0.15, 0.2) is 65.8 Å². The van der Waals surface area contributed by atoms with Gasteiger partial charge in [-0.3, -0.25) is 5.43 Å². The zero-order valence-electron chi connectivity index (χ0n) is 15.2. The molecular formula is C21H16F3N3O2. The van der Waals surface area contributed by atoms with E-state index >= 15 is 0 Å². The number of benzene rings is 2. The van der Waals surface area contributed by atoms with Crippen molar-refractivity contribution < 1.29 is 23.1 Å². The van der Waals surface area contributed by atoms with Gasteiger partial charge in [0, 0.05) is 5.69 Å². The third-order valence-electron chi connectivity index (χ3n) is 4.00. The van der Waals surface area contributed by atoms with E-state index in [2.05, 4.69) is 15.5 Å². The van der Waals surface area contributed by atoms with E-state index < -0.39 is 17.7 Å². The first-order valence-electron chi connectivity index (χ1n) is 8.51. The van der Waals surface area contributed by atoms with Crippen LogP contribution in [-0.4, -0.2) is 22.3 Å². The maximum atomic E-state index is 12.9. The van der Waals surface area contributed by atoms with E-state index in [0.717, 1.165) is 23.3 Å². The lowest BCUT2D eigenvalue weighted by atomic mass is 10.0. The average molecular weight is 399 g/mol. The summed E-state index contributed by atoms with van der Waals surface area (Å²) in [4.78, 5) is 15.1. The summed E-state index contributed by atoms with van der Waals surface area (Å²) in [5, 5.41) is 13.1. The maximum absolute atomic E-state index is 12.9. The number of aromatic nitrogens is 1. The minimum atomic E-state index is -4.47. The zero-order valence-corrected chi connectivity index (χ0v) is 15.2. The van der Waals surface area contributed by atoms with Gasteiger partial charge >= 0.3 is 12.1 Å². The Labute approximate surface area is 164 Å². The first kappa shape index (κ1) is 20.1. The fraction of sp³-hybridized carbons (Fsp3) is 0.0952. The normalized spacial score (nSPS) is 11.6. The summed E-state index contributed by atoms with van der Waals surface area (Å²) in [6, 6.07) is 15.5. The van der Waals surface area contributed by atoms with Gasteiger partial charge in [-0.2, -0.15) is 18.3 Å². The Bertz CT molecular complexity index is 1080. The Morgan fingerprint density at radius 2 is 1.76 bits per heavy atom. The van der Waals surface area contributed by atoms with Crippen LogP contribution in [0, 0.1) is 6.92 Å². The lowest BCUT2D eigenvalue weighted by Crippen LogP contribution is -2.07. The van der Waals surface area contributed by atoms with Crippen molar-refractivity contribution in [1.82, 2.24) is 4.98 Å². The van der Waals surface area contributed by atoms with Gasteiger partial charge < -0.3 is 5.11 Å². The number of pyridine rings is 1. The number of alkyl halides is 3. The van der Waals surface area contributed by atoms with Crippen LogP contribution < -0.4 is 5.43 Å². The highest BCUT2D eigenvalue weighted by atomic mass is 19.4. The molecule has 1 aromatic heterocycles. The van der Waals surface area contributed by atoms with E-state index in [0.29, 0.717) is 5.56 Å². The number of hydrogen-bond donors (Lipinski definition) is 2. The number of halogens is 3. The molecule has 0 atom stereocenters. The van der Waals surface area contributed by atoms with Crippen molar-refractivity contribution in [2.45, 2.75) is 13.1 Å². The molecule has 2 aromatic carbocycles. The summed E-state index contributed by atoms with van der Waals surface area (Å²) in [6.07, 6.45) is -3.02. The van der Waals surface area contributed by atoms with Crippen molar-refractivity contribution >= 4 is 18.0 Å². The number of carboxylic acid groups (broad SMARTS) is 1. The Balaban J connectivity index is 1.79. The van der Waals surface area contributed by atoms with Gasteiger partial charge in [0.15, 0.2) is 0 Å². The summed E-state index contributed by atoms with van der Waals surface area (Å²) >= 11 is 0. The molecule has 3 aromatic rings. The Hall–Kier alpha value is -3.68. The van der Waals surface area contributed by atoms with Crippen molar-refractivity contribution in [2.75, 3.05) is 5.43 Å². The van der Waals surface area contributed by atoms with Crippen LogP contribution >= 0.6 is 0 Å². The van der Waals surface area contributed by atoms with Crippen molar-refractivity contribution in [1.29, 1.82) is 0 Å². The molecule has 0 amide bonds. The number of hydrazone groups is 1. The van der Waals surface area contributed by atoms with Gasteiger partial charge in [0.1, 0.15) is 5.82 Å². The second-order valence-corrected chi connectivity index (χ2v) is 6.26. The van der Waals surface area contributed by atoms with Crippen LogP contribution in [0.4, 0.5) is 19.0 Å². The number of rotatable bonds is 5. The molecule has 0 spiro atoms. The molecule has 0 bridgehead atoms. The average Bonchev–Trinajstić information content (AvgIpc) is 2.67. The van der Waals surface area contributed by atoms with Crippen LogP contribution in [0.3, 0.4) is 0 Å². The molecule has 0 saturated carbocycles. The first-order chi connectivity index (χ1) is 13.7. The number of aromatic carboxylic acids is 1. The molecule has 0 saturated heterocycles. The number of nitrogens with one attached hydrogen (secondary N) is 1. The van der Waals surface area contributed by atoms with Crippen molar-refractivity contribution in [3.05, 3.63) is 83.0 Å². The van der Waals surface area contributed by atoms with Gasteiger partial charge in [-0.15, -0.1) is 0 Å². The zero-order chi connectivity index (χ0) is 21.0. The predicted molar refractivity (Wildman–Crippen MR) is 104 cm³/mol. The molecule has 0 aliphatic heterocycles. The van der Waals surface area contributed by atoms with Gasteiger partial charge in [0.25, 0.3) is 0 Å². The molecule has 0 radical (unpaired) electrons. The number of anilines is 1. The van der Waals surface area contributed by atoms with E-state index in [-0.39, 0.29) is 17.1 Å². The number of aryl methyl sites for hydroxylation is 1. The van der Waals surface area contributed by atoms with E-state index in [9.17, 15) is 18.0 Å². The molecule has 0 fully saturated rings. The third kappa shape index (κ3) is 5.19. The second-order valence-electron chi connectivity index (χ2n) is 6.26. The minimum Gasteiger partial charge on any atom is -0.478 e. The standard InChI is InChI=1S/C21H16F3N3O2/c1-13-8-18(21(22,23)24)11-19(26-13)27-25-12-14-4-2-5-15(9-14)16-6-3-7-17(10-16)20(28)29/h2-12H,1H3,(H,26,27)(H,28,29)/b25-12+. The molecule has 0 unspecified atom stereocenters. The lowest BCUT2D eigenvalue weighted by Gasteiger charge is -2.09. The van der Waals surface area contributed by atoms with Crippen molar-refractivity contribution in [3.63, 3.8) is 0 Å². The minimum absolute atomic E-state index is 0.0149. The summed E-state index contributed by atoms with van der Waals surface area (Å²) in [5.41, 5.74) is 4.29.